The fourth-order valence-corrected chi connectivity index (χ4v) is 2.20. The van der Waals surface area contributed by atoms with Crippen LogP contribution in [0.1, 0.15) is 29.8 Å². The number of hydrogen-bond acceptors (Lipinski definition) is 4. The Morgan fingerprint density at radius 1 is 0.880 bits per heavy atom. The minimum absolute atomic E-state index is 0.142. The van der Waals surface area contributed by atoms with Gasteiger partial charge in [0.1, 0.15) is 0 Å². The molecule has 0 unspecified atom stereocenters. The molecule has 0 saturated carbocycles. The molecule has 0 atom stereocenters. The molecule has 0 aliphatic rings. The highest BCUT2D eigenvalue weighted by molar-refractivity contribution is 5.94. The number of carbonyl (C=O) groups excluding carboxylic acids is 3. The highest BCUT2D eigenvalue weighted by Gasteiger charge is 2.08. The Bertz CT molecular complexity index is 752. The molecule has 0 spiro atoms. The predicted molar refractivity (Wildman–Crippen MR) is 95.5 cm³/mol. The molecule has 130 valence electrons. The van der Waals surface area contributed by atoms with Crippen LogP contribution in [-0.4, -0.2) is 24.4 Å². The lowest BCUT2D eigenvalue weighted by atomic mass is 10.1. The van der Waals surface area contributed by atoms with Crippen molar-refractivity contribution >= 4 is 29.2 Å². The number of carbonyl (C=O) groups is 3. The van der Waals surface area contributed by atoms with Crippen molar-refractivity contribution in [1.82, 2.24) is 0 Å². The van der Waals surface area contributed by atoms with Gasteiger partial charge in [-0.05, 0) is 48.9 Å². The van der Waals surface area contributed by atoms with Crippen molar-refractivity contribution in [3.05, 3.63) is 59.7 Å². The molecule has 2 amide bonds. The van der Waals surface area contributed by atoms with Crippen molar-refractivity contribution in [1.29, 1.82) is 0 Å². The van der Waals surface area contributed by atoms with Gasteiger partial charge in [0.05, 0.1) is 18.6 Å². The summed E-state index contributed by atoms with van der Waals surface area (Å²) in [4.78, 5) is 34.6. The zero-order valence-electron chi connectivity index (χ0n) is 14.2. The Balaban J connectivity index is 1.91. The van der Waals surface area contributed by atoms with E-state index in [1.165, 1.54) is 6.92 Å². The summed E-state index contributed by atoms with van der Waals surface area (Å²) in [6.07, 6.45) is 0.208. The molecule has 0 aliphatic heterocycles. The first-order valence-electron chi connectivity index (χ1n) is 7.91. The second-order valence-electron chi connectivity index (χ2n) is 5.40. The smallest absolute Gasteiger partial charge is 0.338 e. The molecule has 0 aliphatic carbocycles. The van der Waals surface area contributed by atoms with E-state index in [0.717, 1.165) is 5.56 Å². The van der Waals surface area contributed by atoms with Gasteiger partial charge in [-0.3, -0.25) is 9.59 Å². The number of hydrogen-bond donors (Lipinski definition) is 2. The summed E-state index contributed by atoms with van der Waals surface area (Å²) in [5, 5.41) is 5.45. The first-order chi connectivity index (χ1) is 12.0. The molecule has 6 heteroatoms. The van der Waals surface area contributed by atoms with E-state index in [2.05, 4.69) is 10.6 Å². The van der Waals surface area contributed by atoms with Gasteiger partial charge in [-0.2, -0.15) is 0 Å². The molecule has 0 bridgehead atoms. The fraction of sp³-hybridized carbons (Fsp3) is 0.211. The van der Waals surface area contributed by atoms with E-state index in [4.69, 9.17) is 4.74 Å². The van der Waals surface area contributed by atoms with E-state index in [1.54, 1.807) is 55.5 Å². The lowest BCUT2D eigenvalue weighted by molar-refractivity contribution is -0.116. The van der Waals surface area contributed by atoms with E-state index >= 15 is 0 Å². The van der Waals surface area contributed by atoms with Crippen LogP contribution < -0.4 is 10.6 Å². The average molecular weight is 340 g/mol. The maximum Gasteiger partial charge on any atom is 0.338 e. The molecule has 0 fully saturated rings. The Morgan fingerprint density at radius 3 is 2.00 bits per heavy atom. The summed E-state index contributed by atoms with van der Waals surface area (Å²) in [5.41, 5.74) is 2.56. The largest absolute Gasteiger partial charge is 0.462 e. The van der Waals surface area contributed by atoms with E-state index in [1.807, 2.05) is 0 Å². The van der Waals surface area contributed by atoms with Crippen LogP contribution in [0, 0.1) is 0 Å². The van der Waals surface area contributed by atoms with Gasteiger partial charge < -0.3 is 15.4 Å². The molecule has 25 heavy (non-hydrogen) atoms. The standard InChI is InChI=1S/C19H20N2O4/c1-3-25-19(24)15-6-10-17(11-7-15)21-18(23)12-14-4-8-16(9-5-14)20-13(2)22/h4-11H,3,12H2,1-2H3,(H,20,22)(H,21,23). The van der Waals surface area contributed by atoms with Gasteiger partial charge in [-0.15, -0.1) is 0 Å². The summed E-state index contributed by atoms with van der Waals surface area (Å²) in [7, 11) is 0. The summed E-state index contributed by atoms with van der Waals surface area (Å²) in [6.45, 7) is 3.50. The van der Waals surface area contributed by atoms with Crippen LogP contribution in [0.5, 0.6) is 0 Å². The van der Waals surface area contributed by atoms with Crippen molar-refractivity contribution in [2.45, 2.75) is 20.3 Å². The highest BCUT2D eigenvalue weighted by Crippen LogP contribution is 2.13. The third-order valence-electron chi connectivity index (χ3n) is 3.32. The monoisotopic (exact) mass is 340 g/mol. The number of benzene rings is 2. The van der Waals surface area contributed by atoms with Crippen molar-refractivity contribution in [3.8, 4) is 0 Å². The lowest BCUT2D eigenvalue weighted by Gasteiger charge is -2.07. The minimum atomic E-state index is -0.389. The number of ether oxygens (including phenoxy) is 1. The number of anilines is 2. The van der Waals surface area contributed by atoms with Crippen LogP contribution in [0.3, 0.4) is 0 Å². The van der Waals surface area contributed by atoms with Crippen molar-refractivity contribution in [2.24, 2.45) is 0 Å². The maximum atomic E-state index is 12.1. The molecular formula is C19H20N2O4. The van der Waals surface area contributed by atoms with Crippen LogP contribution in [0.25, 0.3) is 0 Å². The van der Waals surface area contributed by atoms with E-state index in [9.17, 15) is 14.4 Å². The third kappa shape index (κ3) is 5.76. The van der Waals surface area contributed by atoms with Crippen LogP contribution in [-0.2, 0) is 20.7 Å². The number of amides is 2. The number of nitrogens with one attached hydrogen (secondary N) is 2. The van der Waals surface area contributed by atoms with Gasteiger partial charge in [-0.25, -0.2) is 4.79 Å². The van der Waals surface area contributed by atoms with Gasteiger partial charge in [0.15, 0.2) is 0 Å². The molecule has 2 aromatic rings. The Morgan fingerprint density at radius 2 is 1.44 bits per heavy atom. The van der Waals surface area contributed by atoms with Crippen LogP contribution >= 0.6 is 0 Å². The second-order valence-corrected chi connectivity index (χ2v) is 5.40. The highest BCUT2D eigenvalue weighted by atomic mass is 16.5. The molecule has 0 radical (unpaired) electrons. The number of rotatable bonds is 6. The van der Waals surface area contributed by atoms with Crippen molar-refractivity contribution in [3.63, 3.8) is 0 Å². The molecule has 0 saturated heterocycles. The van der Waals surface area contributed by atoms with Crippen LogP contribution in [0.15, 0.2) is 48.5 Å². The summed E-state index contributed by atoms with van der Waals surface area (Å²) in [6, 6.07) is 13.6. The second kappa shape index (κ2) is 8.63. The van der Waals surface area contributed by atoms with E-state index in [-0.39, 0.29) is 24.2 Å². The maximum absolute atomic E-state index is 12.1. The quantitative estimate of drug-likeness (QED) is 0.792. The zero-order valence-corrected chi connectivity index (χ0v) is 14.2. The minimum Gasteiger partial charge on any atom is -0.462 e. The van der Waals surface area contributed by atoms with Gasteiger partial charge in [-0.1, -0.05) is 12.1 Å². The zero-order chi connectivity index (χ0) is 18.2. The van der Waals surface area contributed by atoms with Crippen LogP contribution in [0.4, 0.5) is 11.4 Å². The molecule has 2 rings (SSSR count). The first kappa shape index (κ1) is 18.2. The van der Waals surface area contributed by atoms with Crippen molar-refractivity contribution < 1.29 is 19.1 Å². The van der Waals surface area contributed by atoms with Crippen molar-refractivity contribution in [2.75, 3.05) is 17.2 Å². The summed E-state index contributed by atoms with van der Waals surface area (Å²) < 4.78 is 4.91. The predicted octanol–water partition coefficient (Wildman–Crippen LogP) is 3.00. The molecular weight excluding hydrogens is 320 g/mol. The first-order valence-corrected chi connectivity index (χ1v) is 7.91. The molecule has 0 heterocycles. The Kier molecular flexibility index (Phi) is 6.28. The normalized spacial score (nSPS) is 10.0. The molecule has 0 aromatic heterocycles. The van der Waals surface area contributed by atoms with Gasteiger partial charge in [0.25, 0.3) is 0 Å². The van der Waals surface area contributed by atoms with E-state index < -0.39 is 0 Å². The van der Waals surface area contributed by atoms with E-state index in [0.29, 0.717) is 23.5 Å². The Hall–Kier alpha value is -3.15. The van der Waals surface area contributed by atoms with Gasteiger partial charge in [0, 0.05) is 18.3 Å². The van der Waals surface area contributed by atoms with Crippen LogP contribution in [0.2, 0.25) is 0 Å². The summed E-state index contributed by atoms with van der Waals surface area (Å²) in [5.74, 6) is -0.701. The molecule has 6 nitrogen and oxygen atoms in total. The fourth-order valence-electron chi connectivity index (χ4n) is 2.20. The SMILES string of the molecule is CCOC(=O)c1ccc(NC(=O)Cc2ccc(NC(C)=O)cc2)cc1. The average Bonchev–Trinajstić information content (AvgIpc) is 2.57. The van der Waals surface area contributed by atoms with Gasteiger partial charge >= 0.3 is 5.97 Å². The molecule has 2 N–H and O–H groups in total. The Labute approximate surface area is 146 Å². The third-order valence-corrected chi connectivity index (χ3v) is 3.32. The van der Waals surface area contributed by atoms with Gasteiger partial charge in [0.2, 0.25) is 11.8 Å². The summed E-state index contributed by atoms with van der Waals surface area (Å²) >= 11 is 0. The lowest BCUT2D eigenvalue weighted by Crippen LogP contribution is -2.14. The topological polar surface area (TPSA) is 84.5 Å². The molecule has 2 aromatic carbocycles. The number of esters is 1.